The summed E-state index contributed by atoms with van der Waals surface area (Å²) < 4.78 is 0. The first-order valence-electron chi connectivity index (χ1n) is 4.07. The number of hydrogen-bond acceptors (Lipinski definition) is 2. The molecule has 1 unspecified atom stereocenters. The van der Waals surface area contributed by atoms with Gasteiger partial charge in [-0.15, -0.1) is 0 Å². The minimum absolute atomic E-state index is 0.459. The van der Waals surface area contributed by atoms with Gasteiger partial charge in [-0.05, 0) is 18.6 Å². The Hall–Kier alpha value is 0.310. The highest BCUT2D eigenvalue weighted by Gasteiger charge is 2.19. The van der Waals surface area contributed by atoms with Crippen LogP contribution in [0.1, 0.15) is 25.7 Å². The van der Waals surface area contributed by atoms with Gasteiger partial charge >= 0.3 is 0 Å². The standard InChI is InChI=1S/C8H17NS/c1-10-6-8(9)5-7-3-2-4-7/h7-8H,2-6,9H2,1H3. The molecule has 0 saturated heterocycles. The van der Waals surface area contributed by atoms with E-state index in [9.17, 15) is 0 Å². The molecule has 1 aliphatic carbocycles. The largest absolute Gasteiger partial charge is 0.327 e. The molecule has 60 valence electrons. The first-order chi connectivity index (χ1) is 4.83. The second-order valence-electron chi connectivity index (χ2n) is 3.25. The van der Waals surface area contributed by atoms with Gasteiger partial charge in [-0.2, -0.15) is 11.8 Å². The lowest BCUT2D eigenvalue weighted by molar-refractivity contribution is 0.282. The van der Waals surface area contributed by atoms with E-state index >= 15 is 0 Å². The maximum absolute atomic E-state index is 5.87. The molecular formula is C8H17NS. The van der Waals surface area contributed by atoms with E-state index in [0.29, 0.717) is 6.04 Å². The third kappa shape index (κ3) is 2.51. The number of thioether (sulfide) groups is 1. The van der Waals surface area contributed by atoms with Crippen molar-refractivity contribution in [2.24, 2.45) is 11.7 Å². The van der Waals surface area contributed by atoms with Crippen LogP contribution in [0.5, 0.6) is 0 Å². The van der Waals surface area contributed by atoms with Crippen LogP contribution >= 0.6 is 11.8 Å². The smallest absolute Gasteiger partial charge is 0.0132 e. The van der Waals surface area contributed by atoms with Crippen LogP contribution in [0.3, 0.4) is 0 Å². The molecule has 10 heavy (non-hydrogen) atoms. The molecule has 1 atom stereocenters. The van der Waals surface area contributed by atoms with Gasteiger partial charge in [-0.1, -0.05) is 19.3 Å². The van der Waals surface area contributed by atoms with Gasteiger partial charge in [-0.3, -0.25) is 0 Å². The summed E-state index contributed by atoms with van der Waals surface area (Å²) in [7, 11) is 0. The van der Waals surface area contributed by atoms with Crippen molar-refractivity contribution in [1.29, 1.82) is 0 Å². The monoisotopic (exact) mass is 159 g/mol. The van der Waals surface area contributed by atoms with Gasteiger partial charge < -0.3 is 5.73 Å². The fraction of sp³-hybridized carbons (Fsp3) is 1.00. The van der Waals surface area contributed by atoms with E-state index in [1.165, 1.54) is 25.7 Å². The van der Waals surface area contributed by atoms with Crippen LogP contribution in [0.4, 0.5) is 0 Å². The summed E-state index contributed by atoms with van der Waals surface area (Å²) in [4.78, 5) is 0. The number of rotatable bonds is 4. The quantitative estimate of drug-likeness (QED) is 0.677. The van der Waals surface area contributed by atoms with E-state index in [1.807, 2.05) is 11.8 Å². The van der Waals surface area contributed by atoms with Gasteiger partial charge in [0.25, 0.3) is 0 Å². The third-order valence-electron chi connectivity index (χ3n) is 2.24. The lowest BCUT2D eigenvalue weighted by Crippen LogP contribution is -2.28. The van der Waals surface area contributed by atoms with Crippen molar-refractivity contribution in [3.05, 3.63) is 0 Å². The first kappa shape index (κ1) is 8.41. The van der Waals surface area contributed by atoms with Crippen LogP contribution in [0, 0.1) is 5.92 Å². The Labute approximate surface area is 67.8 Å². The highest BCUT2D eigenvalue weighted by Crippen LogP contribution is 2.30. The summed E-state index contributed by atoms with van der Waals surface area (Å²) in [6.07, 6.45) is 7.70. The fourth-order valence-electron chi connectivity index (χ4n) is 1.44. The highest BCUT2D eigenvalue weighted by atomic mass is 32.2. The van der Waals surface area contributed by atoms with Crippen LogP contribution < -0.4 is 5.73 Å². The van der Waals surface area contributed by atoms with Crippen molar-refractivity contribution in [3.8, 4) is 0 Å². The van der Waals surface area contributed by atoms with Gasteiger partial charge in [0.1, 0.15) is 0 Å². The van der Waals surface area contributed by atoms with Crippen LogP contribution in [0.25, 0.3) is 0 Å². The molecule has 0 spiro atoms. The molecule has 0 radical (unpaired) electrons. The topological polar surface area (TPSA) is 26.0 Å². The average Bonchev–Trinajstić information content (AvgIpc) is 1.80. The summed E-state index contributed by atoms with van der Waals surface area (Å²) in [5, 5.41) is 0. The highest BCUT2D eigenvalue weighted by molar-refractivity contribution is 7.98. The maximum Gasteiger partial charge on any atom is 0.0132 e. The molecule has 2 N–H and O–H groups in total. The van der Waals surface area contributed by atoms with Gasteiger partial charge in [0.05, 0.1) is 0 Å². The summed E-state index contributed by atoms with van der Waals surface area (Å²) in [5.74, 6) is 2.11. The molecule has 0 aromatic heterocycles. The normalized spacial score (nSPS) is 22.2. The second-order valence-corrected chi connectivity index (χ2v) is 4.16. The molecule has 0 aromatic rings. The average molecular weight is 159 g/mol. The SMILES string of the molecule is CSCC(N)CC1CCC1. The van der Waals surface area contributed by atoms with E-state index in [2.05, 4.69) is 6.26 Å². The third-order valence-corrected chi connectivity index (χ3v) is 3.00. The van der Waals surface area contributed by atoms with E-state index in [-0.39, 0.29) is 0 Å². The molecule has 0 heterocycles. The second kappa shape index (κ2) is 4.24. The summed E-state index contributed by atoms with van der Waals surface area (Å²) in [5.41, 5.74) is 5.87. The summed E-state index contributed by atoms with van der Waals surface area (Å²) in [6, 6.07) is 0.459. The minimum atomic E-state index is 0.459. The maximum atomic E-state index is 5.87. The Morgan fingerprint density at radius 2 is 2.30 bits per heavy atom. The van der Waals surface area contributed by atoms with Crippen molar-refractivity contribution < 1.29 is 0 Å². The molecule has 1 aliphatic rings. The van der Waals surface area contributed by atoms with E-state index in [1.54, 1.807) is 0 Å². The zero-order valence-electron chi connectivity index (χ0n) is 6.68. The predicted molar refractivity (Wildman–Crippen MR) is 48.3 cm³/mol. The van der Waals surface area contributed by atoms with Crippen molar-refractivity contribution >= 4 is 11.8 Å². The molecule has 1 saturated carbocycles. The van der Waals surface area contributed by atoms with Gasteiger partial charge in [-0.25, -0.2) is 0 Å². The Bertz CT molecular complexity index is 91.3. The Kier molecular flexibility index (Phi) is 3.57. The van der Waals surface area contributed by atoms with Gasteiger partial charge in [0, 0.05) is 11.8 Å². The molecule has 2 heteroatoms. The van der Waals surface area contributed by atoms with Crippen LogP contribution in [0.2, 0.25) is 0 Å². The Morgan fingerprint density at radius 1 is 1.60 bits per heavy atom. The van der Waals surface area contributed by atoms with Crippen LogP contribution in [-0.2, 0) is 0 Å². The van der Waals surface area contributed by atoms with E-state index < -0.39 is 0 Å². The first-order valence-corrected chi connectivity index (χ1v) is 5.47. The Balaban J connectivity index is 1.99. The molecule has 1 rings (SSSR count). The summed E-state index contributed by atoms with van der Waals surface area (Å²) >= 11 is 1.86. The Morgan fingerprint density at radius 3 is 2.70 bits per heavy atom. The summed E-state index contributed by atoms with van der Waals surface area (Å²) in [6.45, 7) is 0. The van der Waals surface area contributed by atoms with Gasteiger partial charge in [0.15, 0.2) is 0 Å². The lowest BCUT2D eigenvalue weighted by Gasteiger charge is -2.27. The van der Waals surface area contributed by atoms with E-state index in [0.717, 1.165) is 11.7 Å². The van der Waals surface area contributed by atoms with Gasteiger partial charge in [0.2, 0.25) is 0 Å². The van der Waals surface area contributed by atoms with E-state index in [4.69, 9.17) is 5.73 Å². The molecule has 0 bridgehead atoms. The molecule has 1 fully saturated rings. The zero-order valence-corrected chi connectivity index (χ0v) is 7.49. The zero-order chi connectivity index (χ0) is 7.40. The molecule has 0 amide bonds. The predicted octanol–water partition coefficient (Wildman–Crippen LogP) is 1.87. The van der Waals surface area contributed by atoms with Crippen molar-refractivity contribution in [2.45, 2.75) is 31.7 Å². The minimum Gasteiger partial charge on any atom is -0.327 e. The number of hydrogen-bond donors (Lipinski definition) is 1. The number of nitrogens with two attached hydrogens (primary N) is 1. The fourth-order valence-corrected chi connectivity index (χ4v) is 2.00. The van der Waals surface area contributed by atoms with Crippen molar-refractivity contribution in [2.75, 3.05) is 12.0 Å². The lowest BCUT2D eigenvalue weighted by atomic mass is 9.81. The molecule has 0 aliphatic heterocycles. The van der Waals surface area contributed by atoms with Crippen LogP contribution in [-0.4, -0.2) is 18.1 Å². The van der Waals surface area contributed by atoms with Crippen LogP contribution in [0.15, 0.2) is 0 Å². The van der Waals surface area contributed by atoms with Crippen molar-refractivity contribution in [1.82, 2.24) is 0 Å². The molecule has 1 nitrogen and oxygen atoms in total. The molecular weight excluding hydrogens is 142 g/mol. The van der Waals surface area contributed by atoms with Crippen molar-refractivity contribution in [3.63, 3.8) is 0 Å². The molecule has 0 aromatic carbocycles.